The van der Waals surface area contributed by atoms with Crippen LogP contribution in [0.5, 0.6) is 0 Å². The van der Waals surface area contributed by atoms with Crippen molar-refractivity contribution in [2.24, 2.45) is 5.73 Å². The molecule has 2 N–H and O–H groups in total. The number of fused-ring (bicyclic) bond motifs is 1. The molecule has 1 saturated carbocycles. The van der Waals surface area contributed by atoms with Gasteiger partial charge in [0.25, 0.3) is 0 Å². The summed E-state index contributed by atoms with van der Waals surface area (Å²) in [4.78, 5) is 8.43. The van der Waals surface area contributed by atoms with Crippen molar-refractivity contribution < 1.29 is 0 Å². The molecule has 2 aromatic heterocycles. The second-order valence-corrected chi connectivity index (χ2v) is 4.66. The SMILES string of the molecule is NC1(c2cnc3cnccn23)CCCCC1. The van der Waals surface area contributed by atoms with E-state index in [0.717, 1.165) is 24.2 Å². The van der Waals surface area contributed by atoms with Crippen LogP contribution in [0.1, 0.15) is 37.8 Å². The molecule has 0 bridgehead atoms. The average Bonchev–Trinajstić information content (AvgIpc) is 2.74. The van der Waals surface area contributed by atoms with Gasteiger partial charge < -0.3 is 5.73 Å². The first kappa shape index (κ1) is 9.78. The minimum Gasteiger partial charge on any atom is -0.320 e. The summed E-state index contributed by atoms with van der Waals surface area (Å²) in [7, 11) is 0. The van der Waals surface area contributed by atoms with E-state index in [2.05, 4.69) is 14.4 Å². The van der Waals surface area contributed by atoms with Gasteiger partial charge in [-0.15, -0.1) is 0 Å². The average molecular weight is 216 g/mol. The maximum atomic E-state index is 6.51. The molecule has 84 valence electrons. The molecule has 0 atom stereocenters. The second-order valence-electron chi connectivity index (χ2n) is 4.66. The molecule has 4 heteroatoms. The quantitative estimate of drug-likeness (QED) is 0.791. The monoisotopic (exact) mass is 216 g/mol. The zero-order valence-electron chi connectivity index (χ0n) is 9.26. The Balaban J connectivity index is 2.11. The largest absolute Gasteiger partial charge is 0.320 e. The summed E-state index contributed by atoms with van der Waals surface area (Å²) in [6.45, 7) is 0. The van der Waals surface area contributed by atoms with Crippen LogP contribution in [0, 0.1) is 0 Å². The molecule has 2 heterocycles. The van der Waals surface area contributed by atoms with E-state index in [0.29, 0.717) is 0 Å². The van der Waals surface area contributed by atoms with E-state index in [4.69, 9.17) is 5.73 Å². The molecule has 1 aliphatic carbocycles. The maximum absolute atomic E-state index is 6.51. The fourth-order valence-corrected chi connectivity index (χ4v) is 2.65. The van der Waals surface area contributed by atoms with Gasteiger partial charge in [-0.2, -0.15) is 0 Å². The number of hydrogen-bond donors (Lipinski definition) is 1. The van der Waals surface area contributed by atoms with Crippen LogP contribution in [0.4, 0.5) is 0 Å². The first-order valence-electron chi connectivity index (χ1n) is 5.86. The molecule has 2 aromatic rings. The van der Waals surface area contributed by atoms with Crippen LogP contribution in [-0.4, -0.2) is 14.4 Å². The molecule has 3 rings (SSSR count). The molecule has 1 fully saturated rings. The second kappa shape index (κ2) is 3.56. The number of nitrogens with two attached hydrogens (primary N) is 1. The third kappa shape index (κ3) is 1.41. The van der Waals surface area contributed by atoms with E-state index < -0.39 is 0 Å². The number of aromatic nitrogens is 3. The molecule has 1 aliphatic rings. The fourth-order valence-electron chi connectivity index (χ4n) is 2.65. The number of rotatable bonds is 1. The Morgan fingerprint density at radius 2 is 2.00 bits per heavy atom. The first-order chi connectivity index (χ1) is 7.80. The zero-order chi connectivity index (χ0) is 11.0. The summed E-state index contributed by atoms with van der Waals surface area (Å²) < 4.78 is 2.07. The molecular weight excluding hydrogens is 200 g/mol. The lowest BCUT2D eigenvalue weighted by molar-refractivity contribution is 0.293. The highest BCUT2D eigenvalue weighted by Crippen LogP contribution is 2.34. The zero-order valence-corrected chi connectivity index (χ0v) is 9.26. The molecule has 16 heavy (non-hydrogen) atoms. The Morgan fingerprint density at radius 1 is 1.19 bits per heavy atom. The Kier molecular flexibility index (Phi) is 2.17. The maximum Gasteiger partial charge on any atom is 0.155 e. The number of nitrogens with zero attached hydrogens (tertiary/aromatic N) is 3. The van der Waals surface area contributed by atoms with Gasteiger partial charge in [0.15, 0.2) is 5.65 Å². The van der Waals surface area contributed by atoms with Gasteiger partial charge in [-0.25, -0.2) is 4.98 Å². The smallest absolute Gasteiger partial charge is 0.155 e. The molecule has 0 saturated heterocycles. The van der Waals surface area contributed by atoms with Gasteiger partial charge in [-0.1, -0.05) is 19.3 Å². The van der Waals surface area contributed by atoms with Crippen LogP contribution in [0.25, 0.3) is 5.65 Å². The van der Waals surface area contributed by atoms with E-state index in [1.165, 1.54) is 19.3 Å². The molecule has 4 nitrogen and oxygen atoms in total. The minimum absolute atomic E-state index is 0.195. The number of imidazole rings is 1. The van der Waals surface area contributed by atoms with Gasteiger partial charge in [0, 0.05) is 12.4 Å². The molecule has 0 radical (unpaired) electrons. The van der Waals surface area contributed by atoms with Gasteiger partial charge in [-0.05, 0) is 12.8 Å². The van der Waals surface area contributed by atoms with Gasteiger partial charge in [0.05, 0.1) is 23.6 Å². The lowest BCUT2D eigenvalue weighted by atomic mass is 9.80. The van der Waals surface area contributed by atoms with Gasteiger partial charge in [0.1, 0.15) is 0 Å². The van der Waals surface area contributed by atoms with Crippen LogP contribution in [0.2, 0.25) is 0 Å². The van der Waals surface area contributed by atoms with Crippen molar-refractivity contribution in [2.75, 3.05) is 0 Å². The van der Waals surface area contributed by atoms with Crippen molar-refractivity contribution in [3.8, 4) is 0 Å². The predicted octanol–water partition coefficient (Wildman–Crippen LogP) is 1.85. The van der Waals surface area contributed by atoms with E-state index in [1.807, 2.05) is 12.4 Å². The topological polar surface area (TPSA) is 56.2 Å². The van der Waals surface area contributed by atoms with E-state index in [9.17, 15) is 0 Å². The van der Waals surface area contributed by atoms with Crippen molar-refractivity contribution in [3.63, 3.8) is 0 Å². The standard InChI is InChI=1S/C12H16N4/c13-12(4-2-1-3-5-12)10-8-15-11-9-14-6-7-16(10)11/h6-9H,1-5,13H2. The first-order valence-corrected chi connectivity index (χ1v) is 5.86. The highest BCUT2D eigenvalue weighted by molar-refractivity contribution is 5.39. The number of hydrogen-bond acceptors (Lipinski definition) is 3. The van der Waals surface area contributed by atoms with Gasteiger partial charge in [0.2, 0.25) is 0 Å². The van der Waals surface area contributed by atoms with Crippen LogP contribution in [0.15, 0.2) is 24.8 Å². The van der Waals surface area contributed by atoms with Crippen molar-refractivity contribution >= 4 is 5.65 Å². The molecule has 0 aliphatic heterocycles. The van der Waals surface area contributed by atoms with Crippen LogP contribution in [0.3, 0.4) is 0 Å². The summed E-state index contributed by atoms with van der Waals surface area (Å²) in [6, 6.07) is 0. The lowest BCUT2D eigenvalue weighted by Crippen LogP contribution is -2.39. The molecule has 0 aromatic carbocycles. The summed E-state index contributed by atoms with van der Waals surface area (Å²) in [5.74, 6) is 0. The van der Waals surface area contributed by atoms with Crippen molar-refractivity contribution in [1.82, 2.24) is 14.4 Å². The molecule has 0 unspecified atom stereocenters. The van der Waals surface area contributed by atoms with Gasteiger partial charge >= 0.3 is 0 Å². The van der Waals surface area contributed by atoms with Crippen LogP contribution < -0.4 is 5.73 Å². The Labute approximate surface area is 94.5 Å². The summed E-state index contributed by atoms with van der Waals surface area (Å²) in [6.07, 6.45) is 13.3. The lowest BCUT2D eigenvalue weighted by Gasteiger charge is -2.32. The van der Waals surface area contributed by atoms with Crippen LogP contribution >= 0.6 is 0 Å². The third-order valence-corrected chi connectivity index (χ3v) is 3.57. The van der Waals surface area contributed by atoms with Crippen molar-refractivity contribution in [3.05, 3.63) is 30.5 Å². The minimum atomic E-state index is -0.195. The Hall–Kier alpha value is -1.42. The Bertz CT molecular complexity index is 496. The van der Waals surface area contributed by atoms with Crippen molar-refractivity contribution in [1.29, 1.82) is 0 Å². The summed E-state index contributed by atoms with van der Waals surface area (Å²) in [5.41, 5.74) is 8.33. The van der Waals surface area contributed by atoms with Crippen molar-refractivity contribution in [2.45, 2.75) is 37.6 Å². The van der Waals surface area contributed by atoms with E-state index >= 15 is 0 Å². The third-order valence-electron chi connectivity index (χ3n) is 3.57. The van der Waals surface area contributed by atoms with E-state index in [-0.39, 0.29) is 5.54 Å². The molecule has 0 spiro atoms. The van der Waals surface area contributed by atoms with Crippen LogP contribution in [-0.2, 0) is 5.54 Å². The fraction of sp³-hybridized carbons (Fsp3) is 0.500. The van der Waals surface area contributed by atoms with Gasteiger partial charge in [-0.3, -0.25) is 9.38 Å². The summed E-state index contributed by atoms with van der Waals surface area (Å²) >= 11 is 0. The predicted molar refractivity (Wildman–Crippen MR) is 61.9 cm³/mol. The highest BCUT2D eigenvalue weighted by Gasteiger charge is 2.32. The summed E-state index contributed by atoms with van der Waals surface area (Å²) in [5, 5.41) is 0. The van der Waals surface area contributed by atoms with E-state index in [1.54, 1.807) is 12.4 Å². The molecular formula is C12H16N4. The highest BCUT2D eigenvalue weighted by atomic mass is 15.1. The normalized spacial score (nSPS) is 20.1. The Morgan fingerprint density at radius 3 is 2.81 bits per heavy atom. The molecule has 0 amide bonds.